The van der Waals surface area contributed by atoms with Crippen molar-refractivity contribution >= 4 is 39.4 Å². The third-order valence-electron chi connectivity index (χ3n) is 4.60. The number of benzene rings is 2. The number of hydrogen-bond acceptors (Lipinski definition) is 4. The minimum atomic E-state index is -0.283. The van der Waals surface area contributed by atoms with E-state index in [0.29, 0.717) is 17.1 Å². The molecule has 9 heteroatoms. The molecule has 0 aliphatic carbocycles. The third-order valence-corrected chi connectivity index (χ3v) is 5.67. The fraction of sp³-hybridized carbons (Fsp3) is 0.143. The van der Waals surface area contributed by atoms with Crippen molar-refractivity contribution in [1.29, 1.82) is 0 Å². The summed E-state index contributed by atoms with van der Waals surface area (Å²) in [6.45, 7) is 4.33. The van der Waals surface area contributed by atoms with Crippen LogP contribution >= 0.6 is 27.5 Å². The molecule has 0 radical (unpaired) electrons. The second-order valence-corrected chi connectivity index (χ2v) is 8.08. The molecule has 1 amide bonds. The van der Waals surface area contributed by atoms with Gasteiger partial charge in [0, 0.05) is 10.0 Å². The monoisotopic (exact) mass is 484 g/mol. The molecular formula is C21H18BrClN6O. The summed E-state index contributed by atoms with van der Waals surface area (Å²) < 4.78 is 4.45. The average Bonchev–Trinajstić information content (AvgIpc) is 3.29. The molecule has 4 aromatic rings. The summed E-state index contributed by atoms with van der Waals surface area (Å²) in [5.74, 6) is -0.0270. The van der Waals surface area contributed by atoms with Crippen molar-refractivity contribution in [3.05, 3.63) is 86.9 Å². The summed E-state index contributed by atoms with van der Waals surface area (Å²) in [7, 11) is 0. The first-order valence-electron chi connectivity index (χ1n) is 9.18. The van der Waals surface area contributed by atoms with Gasteiger partial charge in [-0.2, -0.15) is 5.10 Å². The number of halogens is 2. The van der Waals surface area contributed by atoms with Gasteiger partial charge in [-0.3, -0.25) is 10.1 Å². The lowest BCUT2D eigenvalue weighted by molar-refractivity contribution is 0.102. The SMILES string of the molecule is Cc1nn(-c2ccc(C(=O)Nc3ncn(Cc4ccc(Br)cc4)n3)cc2)c(C)c1Cl. The summed E-state index contributed by atoms with van der Waals surface area (Å²) in [6, 6.07) is 15.1. The minimum Gasteiger partial charge on any atom is -0.289 e. The van der Waals surface area contributed by atoms with E-state index in [-0.39, 0.29) is 11.9 Å². The first-order valence-corrected chi connectivity index (χ1v) is 10.3. The average molecular weight is 486 g/mol. The molecule has 0 saturated carbocycles. The largest absolute Gasteiger partial charge is 0.289 e. The molecule has 4 rings (SSSR count). The van der Waals surface area contributed by atoms with E-state index in [0.717, 1.165) is 27.1 Å². The van der Waals surface area contributed by atoms with Crippen molar-refractivity contribution in [2.24, 2.45) is 0 Å². The van der Waals surface area contributed by atoms with Crippen molar-refractivity contribution in [2.45, 2.75) is 20.4 Å². The van der Waals surface area contributed by atoms with Gasteiger partial charge in [-0.15, -0.1) is 5.10 Å². The number of nitrogens with zero attached hydrogens (tertiary/aromatic N) is 5. The fourth-order valence-electron chi connectivity index (χ4n) is 3.01. The van der Waals surface area contributed by atoms with Crippen LogP contribution in [0.2, 0.25) is 5.02 Å². The predicted molar refractivity (Wildman–Crippen MR) is 119 cm³/mol. The highest BCUT2D eigenvalue weighted by atomic mass is 79.9. The molecule has 1 N–H and O–H groups in total. The number of anilines is 1. The number of hydrogen-bond donors (Lipinski definition) is 1. The Morgan fingerprint density at radius 2 is 1.77 bits per heavy atom. The molecule has 0 bridgehead atoms. The van der Waals surface area contributed by atoms with Gasteiger partial charge in [-0.1, -0.05) is 39.7 Å². The molecule has 2 aromatic heterocycles. The molecule has 2 heterocycles. The highest BCUT2D eigenvalue weighted by Gasteiger charge is 2.13. The Labute approximate surface area is 186 Å². The fourth-order valence-corrected chi connectivity index (χ4v) is 3.39. The van der Waals surface area contributed by atoms with E-state index < -0.39 is 0 Å². The Balaban J connectivity index is 1.43. The lowest BCUT2D eigenvalue weighted by Crippen LogP contribution is -2.13. The molecule has 0 fully saturated rings. The zero-order valence-electron chi connectivity index (χ0n) is 16.3. The van der Waals surface area contributed by atoms with Crippen LogP contribution in [0.5, 0.6) is 0 Å². The second-order valence-electron chi connectivity index (χ2n) is 6.79. The van der Waals surface area contributed by atoms with E-state index in [1.165, 1.54) is 0 Å². The van der Waals surface area contributed by atoms with Crippen LogP contribution in [-0.4, -0.2) is 30.5 Å². The smallest absolute Gasteiger partial charge is 0.258 e. The number of carbonyl (C=O) groups is 1. The summed E-state index contributed by atoms with van der Waals surface area (Å²) in [4.78, 5) is 16.7. The van der Waals surface area contributed by atoms with Gasteiger partial charge in [0.1, 0.15) is 6.33 Å². The molecule has 30 heavy (non-hydrogen) atoms. The van der Waals surface area contributed by atoms with Crippen LogP contribution in [0, 0.1) is 13.8 Å². The maximum atomic E-state index is 12.5. The van der Waals surface area contributed by atoms with Gasteiger partial charge < -0.3 is 0 Å². The van der Waals surface area contributed by atoms with Crippen LogP contribution in [0.1, 0.15) is 27.3 Å². The van der Waals surface area contributed by atoms with E-state index in [4.69, 9.17) is 11.6 Å². The standard InChI is InChI=1S/C21H18BrClN6O/c1-13-19(23)14(2)29(26-13)18-9-5-16(6-10-18)20(30)25-21-24-12-28(27-21)11-15-3-7-17(22)8-4-15/h3-10,12H,11H2,1-2H3,(H,25,27,30). The van der Waals surface area contributed by atoms with Crippen molar-refractivity contribution < 1.29 is 4.79 Å². The zero-order chi connectivity index (χ0) is 21.3. The van der Waals surface area contributed by atoms with E-state index in [1.807, 2.05) is 50.2 Å². The Bertz CT molecular complexity index is 1200. The zero-order valence-corrected chi connectivity index (χ0v) is 18.6. The number of nitrogens with one attached hydrogen (secondary N) is 1. The summed E-state index contributed by atoms with van der Waals surface area (Å²) in [6.07, 6.45) is 1.59. The highest BCUT2D eigenvalue weighted by molar-refractivity contribution is 9.10. The Morgan fingerprint density at radius 1 is 1.07 bits per heavy atom. The van der Waals surface area contributed by atoms with Crippen molar-refractivity contribution in [1.82, 2.24) is 24.5 Å². The van der Waals surface area contributed by atoms with Crippen LogP contribution < -0.4 is 5.32 Å². The van der Waals surface area contributed by atoms with E-state index in [2.05, 4.69) is 36.4 Å². The molecule has 0 spiro atoms. The first-order chi connectivity index (χ1) is 14.4. The maximum absolute atomic E-state index is 12.5. The van der Waals surface area contributed by atoms with Crippen molar-refractivity contribution in [3.8, 4) is 5.69 Å². The van der Waals surface area contributed by atoms with Crippen LogP contribution in [0.15, 0.2) is 59.3 Å². The number of aromatic nitrogens is 5. The van der Waals surface area contributed by atoms with Gasteiger partial charge in [0.15, 0.2) is 0 Å². The van der Waals surface area contributed by atoms with Crippen molar-refractivity contribution in [3.63, 3.8) is 0 Å². The predicted octanol–water partition coefficient (Wildman–Crippen LogP) is 4.80. The molecule has 0 saturated heterocycles. The van der Waals surface area contributed by atoms with Gasteiger partial charge in [-0.05, 0) is 55.8 Å². The van der Waals surface area contributed by atoms with Crippen LogP contribution in [0.3, 0.4) is 0 Å². The normalized spacial score (nSPS) is 10.9. The van der Waals surface area contributed by atoms with Crippen molar-refractivity contribution in [2.75, 3.05) is 5.32 Å². The lowest BCUT2D eigenvalue weighted by atomic mass is 10.2. The quantitative estimate of drug-likeness (QED) is 0.441. The second kappa shape index (κ2) is 8.41. The van der Waals surface area contributed by atoms with Gasteiger partial charge >= 0.3 is 0 Å². The molecule has 7 nitrogen and oxygen atoms in total. The number of amides is 1. The van der Waals surface area contributed by atoms with Gasteiger partial charge in [0.25, 0.3) is 5.91 Å². The lowest BCUT2D eigenvalue weighted by Gasteiger charge is -2.06. The highest BCUT2D eigenvalue weighted by Crippen LogP contribution is 2.22. The first kappa shape index (κ1) is 20.3. The maximum Gasteiger partial charge on any atom is 0.258 e. The number of aryl methyl sites for hydroxylation is 1. The summed E-state index contributed by atoms with van der Waals surface area (Å²) in [5, 5.41) is 12.1. The molecule has 0 aliphatic rings. The third kappa shape index (κ3) is 4.29. The van der Waals surface area contributed by atoms with E-state index >= 15 is 0 Å². The van der Waals surface area contributed by atoms with E-state index in [9.17, 15) is 4.79 Å². The Morgan fingerprint density at radius 3 is 2.40 bits per heavy atom. The molecule has 0 atom stereocenters. The molecule has 0 unspecified atom stereocenters. The Kier molecular flexibility index (Phi) is 5.69. The molecule has 152 valence electrons. The molecule has 0 aliphatic heterocycles. The molecule has 2 aromatic carbocycles. The Hall–Kier alpha value is -2.97. The minimum absolute atomic E-state index is 0.256. The van der Waals surface area contributed by atoms with Crippen LogP contribution in [0.25, 0.3) is 5.69 Å². The number of carbonyl (C=O) groups excluding carboxylic acids is 1. The van der Waals surface area contributed by atoms with Gasteiger partial charge in [0.2, 0.25) is 5.95 Å². The van der Waals surface area contributed by atoms with Crippen LogP contribution in [0.4, 0.5) is 5.95 Å². The summed E-state index contributed by atoms with van der Waals surface area (Å²) >= 11 is 9.63. The number of rotatable bonds is 5. The molecular weight excluding hydrogens is 468 g/mol. The van der Waals surface area contributed by atoms with Gasteiger partial charge in [-0.25, -0.2) is 14.3 Å². The topological polar surface area (TPSA) is 77.6 Å². The van der Waals surface area contributed by atoms with Crippen LogP contribution in [-0.2, 0) is 6.54 Å². The van der Waals surface area contributed by atoms with E-state index in [1.54, 1.807) is 27.8 Å². The van der Waals surface area contributed by atoms with Gasteiger partial charge in [0.05, 0.1) is 28.6 Å². The summed E-state index contributed by atoms with van der Waals surface area (Å²) in [5.41, 5.74) is 4.03.